The third-order valence-electron chi connectivity index (χ3n) is 9.41. The van der Waals surface area contributed by atoms with Gasteiger partial charge in [-0.25, -0.2) is 0 Å². The first-order chi connectivity index (χ1) is 12.7. The number of carbonyl (C=O) groups excluding carboxylic acids is 1. The Hall–Kier alpha value is -1.06. The fraction of sp³-hybridized carbons (Fsp3) is 0.913. The molecule has 4 fully saturated rings. The Balaban J connectivity index is 1.67. The van der Waals surface area contributed by atoms with E-state index in [2.05, 4.69) is 32.9 Å². The first kappa shape index (κ1) is 19.3. The normalized spacial score (nSPS) is 50.1. The number of ether oxygens (including phenoxy) is 1. The quantitative estimate of drug-likeness (QED) is 0.398. The van der Waals surface area contributed by atoms with Crippen LogP contribution in [0.3, 0.4) is 0 Å². The van der Waals surface area contributed by atoms with Gasteiger partial charge in [-0.1, -0.05) is 32.3 Å². The number of esters is 1. The van der Waals surface area contributed by atoms with E-state index in [0.717, 1.165) is 44.2 Å². The van der Waals surface area contributed by atoms with Crippen molar-refractivity contribution in [2.24, 2.45) is 38.7 Å². The number of rotatable bonds is 3. The Morgan fingerprint density at radius 2 is 1.89 bits per heavy atom. The van der Waals surface area contributed by atoms with E-state index in [1.807, 2.05) is 0 Å². The molecule has 1 spiro atoms. The van der Waals surface area contributed by atoms with Crippen LogP contribution in [0.15, 0.2) is 5.16 Å². The molecule has 4 saturated carbocycles. The van der Waals surface area contributed by atoms with Crippen LogP contribution in [0, 0.1) is 33.5 Å². The van der Waals surface area contributed by atoms with E-state index in [1.54, 1.807) is 0 Å². The molecule has 152 valence electrons. The summed E-state index contributed by atoms with van der Waals surface area (Å²) in [6.07, 6.45) is 10.9. The lowest BCUT2D eigenvalue weighted by molar-refractivity contribution is -0.187. The average molecular weight is 376 g/mol. The first-order valence-electron chi connectivity index (χ1n) is 11.1. The van der Waals surface area contributed by atoms with Crippen molar-refractivity contribution < 1.29 is 14.7 Å². The third kappa shape index (κ3) is 2.54. The summed E-state index contributed by atoms with van der Waals surface area (Å²) in [6, 6.07) is 0. The lowest BCUT2D eigenvalue weighted by Gasteiger charge is -2.64. The van der Waals surface area contributed by atoms with Gasteiger partial charge in [-0.05, 0) is 87.4 Å². The topological polar surface area (TPSA) is 58.9 Å². The smallest absolute Gasteiger partial charge is 0.312 e. The van der Waals surface area contributed by atoms with Gasteiger partial charge < -0.3 is 9.94 Å². The third-order valence-corrected chi connectivity index (χ3v) is 9.41. The van der Waals surface area contributed by atoms with E-state index in [9.17, 15) is 10.0 Å². The van der Waals surface area contributed by atoms with Crippen molar-refractivity contribution >= 4 is 11.7 Å². The first-order valence-corrected chi connectivity index (χ1v) is 11.1. The Kier molecular flexibility index (Phi) is 4.44. The summed E-state index contributed by atoms with van der Waals surface area (Å²) in [7, 11) is 0. The zero-order chi connectivity index (χ0) is 19.5. The van der Waals surface area contributed by atoms with Crippen LogP contribution < -0.4 is 0 Å². The molecule has 0 amide bonds. The van der Waals surface area contributed by atoms with Crippen molar-refractivity contribution in [2.45, 2.75) is 91.9 Å². The van der Waals surface area contributed by atoms with Gasteiger partial charge in [0.2, 0.25) is 0 Å². The molecule has 0 aliphatic heterocycles. The van der Waals surface area contributed by atoms with E-state index >= 15 is 0 Å². The van der Waals surface area contributed by atoms with Gasteiger partial charge in [0.15, 0.2) is 0 Å². The number of hydrogen-bond acceptors (Lipinski definition) is 4. The molecule has 0 aromatic carbocycles. The summed E-state index contributed by atoms with van der Waals surface area (Å²) in [6.45, 7) is 9.57. The highest BCUT2D eigenvalue weighted by Crippen LogP contribution is 2.73. The monoisotopic (exact) mass is 375 g/mol. The van der Waals surface area contributed by atoms with Gasteiger partial charge in [-0.15, -0.1) is 0 Å². The summed E-state index contributed by atoms with van der Waals surface area (Å²) < 4.78 is 5.68. The molecule has 4 aliphatic rings. The summed E-state index contributed by atoms with van der Waals surface area (Å²) >= 11 is 0. The minimum Gasteiger partial charge on any atom is -0.465 e. The van der Waals surface area contributed by atoms with E-state index in [1.165, 1.54) is 25.7 Å². The highest BCUT2D eigenvalue weighted by molar-refractivity contribution is 5.92. The molecular weight excluding hydrogens is 338 g/mol. The van der Waals surface area contributed by atoms with Gasteiger partial charge in [0.1, 0.15) is 0 Å². The van der Waals surface area contributed by atoms with E-state index < -0.39 is 0 Å². The molecule has 1 N–H and O–H groups in total. The fourth-order valence-electron chi connectivity index (χ4n) is 8.29. The maximum atomic E-state index is 13.1. The second-order valence-corrected chi connectivity index (χ2v) is 10.9. The molecule has 0 saturated heterocycles. The van der Waals surface area contributed by atoms with Gasteiger partial charge in [0, 0.05) is 5.41 Å². The van der Waals surface area contributed by atoms with Crippen molar-refractivity contribution in [1.82, 2.24) is 0 Å². The van der Waals surface area contributed by atoms with Crippen LogP contribution in [-0.2, 0) is 9.53 Å². The van der Waals surface area contributed by atoms with E-state index in [0.29, 0.717) is 18.4 Å². The molecule has 4 aliphatic carbocycles. The van der Waals surface area contributed by atoms with Crippen LogP contribution in [0.4, 0.5) is 0 Å². The molecule has 4 rings (SSSR count). The highest BCUT2D eigenvalue weighted by Gasteiger charge is 2.67. The second-order valence-electron chi connectivity index (χ2n) is 10.9. The summed E-state index contributed by atoms with van der Waals surface area (Å²) in [5.74, 6) is 1.09. The Morgan fingerprint density at radius 1 is 1.15 bits per heavy atom. The van der Waals surface area contributed by atoms with Crippen molar-refractivity contribution in [2.75, 3.05) is 6.61 Å². The van der Waals surface area contributed by atoms with Crippen molar-refractivity contribution in [3.05, 3.63) is 0 Å². The van der Waals surface area contributed by atoms with E-state index in [-0.39, 0.29) is 27.6 Å². The summed E-state index contributed by atoms with van der Waals surface area (Å²) in [5.41, 5.74) is 1.27. The molecule has 6 atom stereocenters. The predicted octanol–water partition coefficient (Wildman–Crippen LogP) is 5.57. The van der Waals surface area contributed by atoms with Crippen molar-refractivity contribution in [1.29, 1.82) is 0 Å². The standard InChI is InChI=1S/C23H37NO3/c1-5-13-27-19(25)22(4)10-6-9-21(3)16(22)8-12-23-14-18(24-26)20(2,15-23)11-7-17(21)23/h16-17,26H,5-15H2,1-4H3/b24-18+/t16-,17-,20-,21+,22+,23-/m0/s1. The zero-order valence-electron chi connectivity index (χ0n) is 17.6. The molecule has 27 heavy (non-hydrogen) atoms. The molecule has 4 heteroatoms. The van der Waals surface area contributed by atoms with Crippen molar-refractivity contribution in [3.8, 4) is 0 Å². The lowest BCUT2D eigenvalue weighted by atomic mass is 9.40. The van der Waals surface area contributed by atoms with Crippen molar-refractivity contribution in [3.63, 3.8) is 0 Å². The molecule has 2 bridgehead atoms. The zero-order valence-corrected chi connectivity index (χ0v) is 17.6. The number of nitrogens with zero attached hydrogens (tertiary/aromatic N) is 1. The summed E-state index contributed by atoms with van der Waals surface area (Å²) in [5, 5.41) is 13.4. The SMILES string of the molecule is CCCOC(=O)[C@]1(C)CCC[C@@]2(C)[C@@H]3CC[C@@]4(C)C[C@]3(CC[C@@H]21)C/C4=N\O. The molecular formula is C23H37NO3. The van der Waals surface area contributed by atoms with Crippen LogP contribution in [0.25, 0.3) is 0 Å². The maximum absolute atomic E-state index is 13.1. The van der Waals surface area contributed by atoms with Gasteiger partial charge in [0.25, 0.3) is 0 Å². The Bertz CT molecular complexity index is 660. The fourth-order valence-corrected chi connectivity index (χ4v) is 8.29. The van der Waals surface area contributed by atoms with Crippen LogP contribution >= 0.6 is 0 Å². The maximum Gasteiger partial charge on any atom is 0.312 e. The molecule has 0 aromatic rings. The lowest BCUT2D eigenvalue weighted by Crippen LogP contribution is -2.58. The minimum atomic E-state index is -0.336. The molecule has 0 heterocycles. The Morgan fingerprint density at radius 3 is 2.59 bits per heavy atom. The van der Waals surface area contributed by atoms with Gasteiger partial charge in [-0.2, -0.15) is 0 Å². The number of carbonyl (C=O) groups is 1. The van der Waals surface area contributed by atoms with Crippen LogP contribution in [0.2, 0.25) is 0 Å². The summed E-state index contributed by atoms with van der Waals surface area (Å²) in [4.78, 5) is 13.1. The molecule has 0 unspecified atom stereocenters. The van der Waals surface area contributed by atoms with Crippen LogP contribution in [-0.4, -0.2) is 23.5 Å². The van der Waals surface area contributed by atoms with Gasteiger partial charge in [-0.3, -0.25) is 4.79 Å². The van der Waals surface area contributed by atoms with Gasteiger partial charge >= 0.3 is 5.97 Å². The molecule has 4 nitrogen and oxygen atoms in total. The number of fused-ring (bicyclic) bond motifs is 3. The van der Waals surface area contributed by atoms with Crippen LogP contribution in [0.5, 0.6) is 0 Å². The molecule has 0 radical (unpaired) electrons. The molecule has 0 aromatic heterocycles. The minimum absolute atomic E-state index is 0.0425. The van der Waals surface area contributed by atoms with Crippen LogP contribution in [0.1, 0.15) is 91.9 Å². The largest absolute Gasteiger partial charge is 0.465 e. The predicted molar refractivity (Wildman–Crippen MR) is 106 cm³/mol. The van der Waals surface area contributed by atoms with E-state index in [4.69, 9.17) is 4.74 Å². The van der Waals surface area contributed by atoms with Gasteiger partial charge in [0.05, 0.1) is 17.7 Å². The number of oxime groups is 1. The number of hydrogen-bond donors (Lipinski definition) is 1. The second kappa shape index (κ2) is 6.22. The highest BCUT2D eigenvalue weighted by atomic mass is 16.5. The Labute approximate surface area is 164 Å². The average Bonchev–Trinajstić information content (AvgIpc) is 2.84.